The van der Waals surface area contributed by atoms with Gasteiger partial charge in [-0.25, -0.2) is 9.78 Å². The molecule has 2 heterocycles. The van der Waals surface area contributed by atoms with Crippen LogP contribution in [0.2, 0.25) is 0 Å². The molecule has 0 saturated carbocycles. The van der Waals surface area contributed by atoms with Crippen LogP contribution in [0.25, 0.3) is 23.1 Å². The molecule has 2 aromatic heterocycles. The third-order valence-electron chi connectivity index (χ3n) is 3.19. The van der Waals surface area contributed by atoms with Crippen molar-refractivity contribution in [1.29, 1.82) is 0 Å². The average molecular weight is 309 g/mol. The molecule has 0 amide bonds. The van der Waals surface area contributed by atoms with E-state index in [4.69, 9.17) is 4.74 Å². The Bertz CT molecular complexity index is 822. The zero-order valence-electron chi connectivity index (χ0n) is 12.2. The molecule has 0 aliphatic rings. The Kier molecular flexibility index (Phi) is 4.30. The highest BCUT2D eigenvalue weighted by Gasteiger charge is 2.12. The van der Waals surface area contributed by atoms with Gasteiger partial charge in [-0.3, -0.25) is 0 Å². The van der Waals surface area contributed by atoms with Gasteiger partial charge in [0.05, 0.1) is 23.4 Å². The van der Waals surface area contributed by atoms with Gasteiger partial charge in [0.2, 0.25) is 0 Å². The molecule has 0 unspecified atom stereocenters. The number of ether oxygens (including phenoxy) is 1. The minimum atomic E-state index is -0.313. The molecule has 3 aromatic rings. The van der Waals surface area contributed by atoms with E-state index in [1.54, 1.807) is 24.3 Å². The highest BCUT2D eigenvalue weighted by atomic mass is 32.1. The van der Waals surface area contributed by atoms with Gasteiger partial charge in [-0.2, -0.15) is 0 Å². The molecular weight excluding hydrogens is 294 g/mol. The number of esters is 1. The van der Waals surface area contributed by atoms with Crippen molar-refractivity contribution in [3.8, 4) is 0 Å². The van der Waals surface area contributed by atoms with Crippen LogP contribution in [-0.2, 0) is 4.74 Å². The van der Waals surface area contributed by atoms with Gasteiger partial charge in [0, 0.05) is 10.3 Å². The van der Waals surface area contributed by atoms with Crippen molar-refractivity contribution in [2.75, 3.05) is 6.61 Å². The number of nitrogens with zero attached hydrogens (tertiary/aromatic N) is 1. The zero-order chi connectivity index (χ0) is 15.4. The number of para-hydroxylation sites is 1. The lowest BCUT2D eigenvalue weighted by molar-refractivity contribution is 0.0528. The Hall–Kier alpha value is -2.46. The van der Waals surface area contributed by atoms with E-state index in [-0.39, 0.29) is 5.97 Å². The number of fused-ring (bicyclic) bond motifs is 1. The van der Waals surface area contributed by atoms with Gasteiger partial charge in [-0.1, -0.05) is 24.3 Å². The molecule has 0 atom stereocenters. The Morgan fingerprint density at radius 1 is 1.23 bits per heavy atom. The second-order valence-corrected chi connectivity index (χ2v) is 5.66. The summed E-state index contributed by atoms with van der Waals surface area (Å²) in [6, 6.07) is 13.4. The van der Waals surface area contributed by atoms with Crippen LogP contribution < -0.4 is 0 Å². The van der Waals surface area contributed by atoms with Crippen molar-refractivity contribution >= 4 is 40.4 Å². The van der Waals surface area contributed by atoms with E-state index in [0.717, 1.165) is 21.5 Å². The Morgan fingerprint density at radius 2 is 2.09 bits per heavy atom. The van der Waals surface area contributed by atoms with Crippen molar-refractivity contribution < 1.29 is 9.53 Å². The Balaban J connectivity index is 2.06. The molecule has 0 aliphatic heterocycles. The number of pyridine rings is 1. The summed E-state index contributed by atoms with van der Waals surface area (Å²) in [7, 11) is 0. The fraction of sp³-hybridized carbons (Fsp3) is 0.111. The van der Waals surface area contributed by atoms with E-state index in [1.165, 1.54) is 0 Å². The van der Waals surface area contributed by atoms with Crippen molar-refractivity contribution in [3.05, 3.63) is 64.0 Å². The third kappa shape index (κ3) is 3.07. The molecule has 1 aromatic carbocycles. The minimum Gasteiger partial charge on any atom is -0.462 e. The van der Waals surface area contributed by atoms with Crippen LogP contribution >= 0.6 is 11.3 Å². The number of rotatable bonds is 4. The van der Waals surface area contributed by atoms with E-state index in [9.17, 15) is 4.79 Å². The molecule has 110 valence electrons. The van der Waals surface area contributed by atoms with Crippen molar-refractivity contribution in [1.82, 2.24) is 4.98 Å². The zero-order valence-corrected chi connectivity index (χ0v) is 13.0. The molecule has 0 aliphatic carbocycles. The number of carbonyl (C=O) groups is 1. The van der Waals surface area contributed by atoms with Crippen molar-refractivity contribution in [3.63, 3.8) is 0 Å². The molecule has 0 spiro atoms. The largest absolute Gasteiger partial charge is 0.462 e. The number of aromatic nitrogens is 1. The first-order chi connectivity index (χ1) is 10.8. The number of hydrogen-bond donors (Lipinski definition) is 0. The van der Waals surface area contributed by atoms with Gasteiger partial charge in [0.15, 0.2) is 0 Å². The highest BCUT2D eigenvalue weighted by Crippen LogP contribution is 2.21. The van der Waals surface area contributed by atoms with Gasteiger partial charge >= 0.3 is 5.97 Å². The van der Waals surface area contributed by atoms with Crippen LogP contribution in [-0.4, -0.2) is 17.6 Å². The van der Waals surface area contributed by atoms with Gasteiger partial charge in [-0.15, -0.1) is 11.3 Å². The van der Waals surface area contributed by atoms with Crippen LogP contribution in [0.5, 0.6) is 0 Å². The predicted molar refractivity (Wildman–Crippen MR) is 90.9 cm³/mol. The summed E-state index contributed by atoms with van der Waals surface area (Å²) < 4.78 is 5.15. The summed E-state index contributed by atoms with van der Waals surface area (Å²) in [6.45, 7) is 2.16. The van der Waals surface area contributed by atoms with Crippen LogP contribution in [0, 0.1) is 0 Å². The summed E-state index contributed by atoms with van der Waals surface area (Å²) in [5, 5.41) is 2.84. The van der Waals surface area contributed by atoms with Crippen LogP contribution in [0.4, 0.5) is 0 Å². The molecule has 22 heavy (non-hydrogen) atoms. The second kappa shape index (κ2) is 6.54. The standard InChI is InChI=1S/C18H15NO2S/c1-2-21-18(20)16-12-13(9-10-14-6-5-11-22-14)19-17-8-4-3-7-15(16)17/h3-12H,2H2,1H3/b10-9+. The van der Waals surface area contributed by atoms with E-state index < -0.39 is 0 Å². The number of hydrogen-bond acceptors (Lipinski definition) is 4. The van der Waals surface area contributed by atoms with Gasteiger partial charge in [-0.05, 0) is 42.7 Å². The molecule has 0 N–H and O–H groups in total. The molecule has 0 radical (unpaired) electrons. The quantitative estimate of drug-likeness (QED) is 0.659. The predicted octanol–water partition coefficient (Wildman–Crippen LogP) is 4.64. The maximum atomic E-state index is 12.2. The maximum absolute atomic E-state index is 12.2. The molecule has 0 fully saturated rings. The first-order valence-electron chi connectivity index (χ1n) is 7.06. The van der Waals surface area contributed by atoms with Crippen molar-refractivity contribution in [2.45, 2.75) is 6.92 Å². The fourth-order valence-electron chi connectivity index (χ4n) is 2.21. The topological polar surface area (TPSA) is 39.2 Å². The van der Waals surface area contributed by atoms with Crippen LogP contribution in [0.3, 0.4) is 0 Å². The van der Waals surface area contributed by atoms with Crippen molar-refractivity contribution in [2.24, 2.45) is 0 Å². The summed E-state index contributed by atoms with van der Waals surface area (Å²) in [6.07, 6.45) is 3.91. The molecule has 3 nitrogen and oxygen atoms in total. The van der Waals surface area contributed by atoms with Gasteiger partial charge in [0.25, 0.3) is 0 Å². The smallest absolute Gasteiger partial charge is 0.338 e. The fourth-order valence-corrected chi connectivity index (χ4v) is 2.83. The summed E-state index contributed by atoms with van der Waals surface area (Å²) in [4.78, 5) is 17.9. The molecule has 3 rings (SSSR count). The average Bonchev–Trinajstić information content (AvgIpc) is 3.06. The van der Waals surface area contributed by atoms with E-state index in [2.05, 4.69) is 4.98 Å². The maximum Gasteiger partial charge on any atom is 0.338 e. The summed E-state index contributed by atoms with van der Waals surface area (Å²) in [5.74, 6) is -0.313. The molecular formula is C18H15NO2S. The van der Waals surface area contributed by atoms with Gasteiger partial charge < -0.3 is 4.74 Å². The van der Waals surface area contributed by atoms with Crippen LogP contribution in [0.15, 0.2) is 47.8 Å². The second-order valence-electron chi connectivity index (χ2n) is 4.68. The van der Waals surface area contributed by atoms with Crippen LogP contribution in [0.1, 0.15) is 27.9 Å². The third-order valence-corrected chi connectivity index (χ3v) is 4.03. The lowest BCUT2D eigenvalue weighted by Gasteiger charge is -2.07. The highest BCUT2D eigenvalue weighted by molar-refractivity contribution is 7.10. The van der Waals surface area contributed by atoms with E-state index in [0.29, 0.717) is 12.2 Å². The number of benzene rings is 1. The lowest BCUT2D eigenvalue weighted by Crippen LogP contribution is -2.06. The Morgan fingerprint density at radius 3 is 2.86 bits per heavy atom. The first kappa shape index (κ1) is 14.5. The summed E-state index contributed by atoms with van der Waals surface area (Å²) in [5.41, 5.74) is 2.09. The minimum absolute atomic E-state index is 0.313. The lowest BCUT2D eigenvalue weighted by atomic mass is 10.1. The van der Waals surface area contributed by atoms with E-state index >= 15 is 0 Å². The van der Waals surface area contributed by atoms with E-state index in [1.807, 2.05) is 53.9 Å². The summed E-state index contributed by atoms with van der Waals surface area (Å²) >= 11 is 1.66. The Labute approximate surface area is 132 Å². The normalized spacial score (nSPS) is 11.1. The van der Waals surface area contributed by atoms with Gasteiger partial charge in [0.1, 0.15) is 0 Å². The molecule has 0 saturated heterocycles. The SMILES string of the molecule is CCOC(=O)c1cc(/C=C/c2cccs2)nc2ccccc12. The number of thiophene rings is 1. The monoisotopic (exact) mass is 309 g/mol. The molecule has 0 bridgehead atoms. The number of carbonyl (C=O) groups excluding carboxylic acids is 1. The molecule has 4 heteroatoms. The first-order valence-corrected chi connectivity index (χ1v) is 7.94.